The Morgan fingerprint density at radius 3 is 2.05 bits per heavy atom. The maximum Gasteiger partial charge on any atom is 0.416 e. The third-order valence-electron chi connectivity index (χ3n) is 4.74. The van der Waals surface area contributed by atoms with Gasteiger partial charge in [-0.15, -0.1) is 0 Å². The maximum atomic E-state index is 13.0. The monoisotopic (exact) mass is 556 g/mol. The molecule has 0 heterocycles. The molecule has 0 saturated heterocycles. The molecular formula is C27H35F3N2O7. The van der Waals surface area contributed by atoms with Crippen molar-refractivity contribution in [3.05, 3.63) is 59.7 Å². The summed E-state index contributed by atoms with van der Waals surface area (Å²) >= 11 is 0. The van der Waals surface area contributed by atoms with E-state index in [2.05, 4.69) is 10.6 Å². The lowest BCUT2D eigenvalue weighted by atomic mass is 10.1. The fourth-order valence-corrected chi connectivity index (χ4v) is 3.05. The number of ether oxygens (including phenoxy) is 5. The van der Waals surface area contributed by atoms with E-state index >= 15 is 0 Å². The molecule has 9 nitrogen and oxygen atoms in total. The molecule has 0 fully saturated rings. The number of carbonyl (C=O) groups is 2. The molecule has 0 saturated carbocycles. The van der Waals surface area contributed by atoms with Crippen LogP contribution in [0, 0.1) is 0 Å². The predicted molar refractivity (Wildman–Crippen MR) is 138 cm³/mol. The summed E-state index contributed by atoms with van der Waals surface area (Å²) in [6, 6.07) is 11.1. The maximum absolute atomic E-state index is 13.0. The summed E-state index contributed by atoms with van der Waals surface area (Å²) in [5.41, 5.74) is -0.659. The zero-order chi connectivity index (χ0) is 28.7. The van der Waals surface area contributed by atoms with Crippen LogP contribution in [0.15, 0.2) is 48.5 Å². The number of benzene rings is 2. The van der Waals surface area contributed by atoms with Crippen LogP contribution in [0.3, 0.4) is 0 Å². The average molecular weight is 557 g/mol. The molecule has 39 heavy (non-hydrogen) atoms. The summed E-state index contributed by atoms with van der Waals surface area (Å²) in [6.07, 6.45) is -4.97. The number of nitrogens with one attached hydrogen (secondary N) is 2. The first-order chi connectivity index (χ1) is 18.5. The number of alkyl halides is 3. The molecule has 216 valence electrons. The second kappa shape index (κ2) is 15.9. The molecule has 0 unspecified atom stereocenters. The first-order valence-electron chi connectivity index (χ1n) is 12.4. The van der Waals surface area contributed by atoms with Gasteiger partial charge in [0, 0.05) is 12.2 Å². The molecule has 0 bridgehead atoms. The van der Waals surface area contributed by atoms with Crippen LogP contribution in [-0.2, 0) is 29.9 Å². The Labute approximate surface area is 225 Å². The van der Waals surface area contributed by atoms with Crippen LogP contribution in [-0.4, -0.2) is 70.5 Å². The molecule has 0 atom stereocenters. The standard InChI is InChI=1S/C27H35F3N2O7/c1-26(2,3)39-25(34)31-11-12-35-13-14-36-15-16-37-17-18-38-24(33)22-9-4-5-10-23(22)32-21-8-6-7-20(19-21)27(28,29)30/h4-10,19,32H,11-18H2,1-3H3,(H,31,34). The normalized spacial score (nSPS) is 11.6. The van der Waals surface area contributed by atoms with Crippen molar-refractivity contribution in [1.82, 2.24) is 5.32 Å². The molecule has 0 aromatic heterocycles. The van der Waals surface area contributed by atoms with E-state index in [9.17, 15) is 22.8 Å². The summed E-state index contributed by atoms with van der Waals surface area (Å²) in [7, 11) is 0. The van der Waals surface area contributed by atoms with Gasteiger partial charge in [0.25, 0.3) is 0 Å². The molecule has 2 N–H and O–H groups in total. The van der Waals surface area contributed by atoms with Gasteiger partial charge in [-0.2, -0.15) is 13.2 Å². The van der Waals surface area contributed by atoms with E-state index < -0.39 is 29.4 Å². The van der Waals surface area contributed by atoms with E-state index in [1.165, 1.54) is 18.2 Å². The van der Waals surface area contributed by atoms with E-state index in [1.807, 2.05) is 0 Å². The third kappa shape index (κ3) is 13.3. The minimum atomic E-state index is -4.48. The molecule has 2 aromatic carbocycles. The van der Waals surface area contributed by atoms with Crippen LogP contribution >= 0.6 is 0 Å². The topological polar surface area (TPSA) is 104 Å². The number of esters is 1. The van der Waals surface area contributed by atoms with Gasteiger partial charge in [-0.05, 0) is 51.1 Å². The van der Waals surface area contributed by atoms with Crippen molar-refractivity contribution < 1.29 is 46.4 Å². The molecule has 0 aliphatic heterocycles. The second-order valence-corrected chi connectivity index (χ2v) is 9.15. The zero-order valence-corrected chi connectivity index (χ0v) is 22.3. The zero-order valence-electron chi connectivity index (χ0n) is 22.3. The van der Waals surface area contributed by atoms with Crippen molar-refractivity contribution in [3.8, 4) is 0 Å². The highest BCUT2D eigenvalue weighted by atomic mass is 19.4. The van der Waals surface area contributed by atoms with E-state index in [0.717, 1.165) is 12.1 Å². The van der Waals surface area contributed by atoms with Crippen molar-refractivity contribution in [2.75, 3.05) is 58.1 Å². The minimum absolute atomic E-state index is 0.00944. The number of para-hydroxylation sites is 1. The van der Waals surface area contributed by atoms with Gasteiger partial charge in [-0.25, -0.2) is 9.59 Å². The molecule has 12 heteroatoms. The number of alkyl carbamates (subject to hydrolysis) is 1. The molecule has 2 aromatic rings. The highest BCUT2D eigenvalue weighted by Crippen LogP contribution is 2.32. The Kier molecular flexibility index (Phi) is 13.0. The first-order valence-corrected chi connectivity index (χ1v) is 12.4. The average Bonchev–Trinajstić information content (AvgIpc) is 2.85. The van der Waals surface area contributed by atoms with Gasteiger partial charge in [0.1, 0.15) is 12.2 Å². The van der Waals surface area contributed by atoms with Gasteiger partial charge in [-0.3, -0.25) is 0 Å². The van der Waals surface area contributed by atoms with Crippen LogP contribution in [0.25, 0.3) is 0 Å². The number of halogens is 3. The summed E-state index contributed by atoms with van der Waals surface area (Å²) in [5.74, 6) is -0.636. The molecule has 0 aliphatic carbocycles. The van der Waals surface area contributed by atoms with Crippen molar-refractivity contribution in [2.45, 2.75) is 32.5 Å². The van der Waals surface area contributed by atoms with Crippen molar-refractivity contribution in [3.63, 3.8) is 0 Å². The van der Waals surface area contributed by atoms with Crippen LogP contribution in [0.4, 0.5) is 29.3 Å². The number of hydrogen-bond acceptors (Lipinski definition) is 8. The summed E-state index contributed by atoms with van der Waals surface area (Å²) in [6.45, 7) is 7.42. The Morgan fingerprint density at radius 1 is 0.795 bits per heavy atom. The third-order valence-corrected chi connectivity index (χ3v) is 4.74. The number of hydrogen-bond donors (Lipinski definition) is 2. The Balaban J connectivity index is 1.57. The van der Waals surface area contributed by atoms with Crippen molar-refractivity contribution in [2.24, 2.45) is 0 Å². The highest BCUT2D eigenvalue weighted by Gasteiger charge is 2.30. The minimum Gasteiger partial charge on any atom is -0.460 e. The Hall–Kier alpha value is -3.35. The van der Waals surface area contributed by atoms with Gasteiger partial charge < -0.3 is 34.3 Å². The highest BCUT2D eigenvalue weighted by molar-refractivity contribution is 5.96. The summed E-state index contributed by atoms with van der Waals surface area (Å²) in [5, 5.41) is 5.43. The molecule has 0 spiro atoms. The van der Waals surface area contributed by atoms with E-state index in [0.29, 0.717) is 38.7 Å². The lowest BCUT2D eigenvalue weighted by Gasteiger charge is -2.19. The Morgan fingerprint density at radius 2 is 1.41 bits per heavy atom. The van der Waals surface area contributed by atoms with Gasteiger partial charge in [0.05, 0.1) is 56.5 Å². The fraction of sp³-hybridized carbons (Fsp3) is 0.481. The number of carbonyl (C=O) groups excluding carboxylic acids is 2. The molecular weight excluding hydrogens is 521 g/mol. The lowest BCUT2D eigenvalue weighted by molar-refractivity contribution is -0.137. The van der Waals surface area contributed by atoms with E-state index in [1.54, 1.807) is 39.0 Å². The first kappa shape index (κ1) is 31.9. The Bertz CT molecular complexity index is 1040. The largest absolute Gasteiger partial charge is 0.460 e. The quantitative estimate of drug-likeness (QED) is 0.229. The summed E-state index contributed by atoms with van der Waals surface area (Å²) < 4.78 is 65.4. The van der Waals surface area contributed by atoms with E-state index in [-0.39, 0.29) is 31.1 Å². The predicted octanol–water partition coefficient (Wildman–Crippen LogP) is 5.18. The van der Waals surface area contributed by atoms with Gasteiger partial charge in [0.2, 0.25) is 0 Å². The van der Waals surface area contributed by atoms with Crippen LogP contribution in [0.2, 0.25) is 0 Å². The van der Waals surface area contributed by atoms with Gasteiger partial charge in [-0.1, -0.05) is 18.2 Å². The molecule has 2 rings (SSSR count). The van der Waals surface area contributed by atoms with Crippen LogP contribution < -0.4 is 10.6 Å². The van der Waals surface area contributed by atoms with Gasteiger partial charge >= 0.3 is 18.2 Å². The molecule has 0 radical (unpaired) electrons. The lowest BCUT2D eigenvalue weighted by Crippen LogP contribution is -2.34. The fourth-order valence-electron chi connectivity index (χ4n) is 3.05. The number of amides is 1. The SMILES string of the molecule is CC(C)(C)OC(=O)NCCOCCOCCOCCOC(=O)c1ccccc1Nc1cccc(C(F)(F)F)c1. The van der Waals surface area contributed by atoms with Gasteiger partial charge in [0.15, 0.2) is 0 Å². The van der Waals surface area contributed by atoms with Crippen LogP contribution in [0.1, 0.15) is 36.7 Å². The van der Waals surface area contributed by atoms with Crippen LogP contribution in [0.5, 0.6) is 0 Å². The number of rotatable bonds is 15. The van der Waals surface area contributed by atoms with Crippen molar-refractivity contribution in [1.29, 1.82) is 0 Å². The van der Waals surface area contributed by atoms with Crippen molar-refractivity contribution >= 4 is 23.4 Å². The molecule has 0 aliphatic rings. The smallest absolute Gasteiger partial charge is 0.416 e. The molecule has 1 amide bonds. The number of anilines is 2. The second-order valence-electron chi connectivity index (χ2n) is 9.15. The summed E-state index contributed by atoms with van der Waals surface area (Å²) in [4.78, 5) is 24.0. The van der Waals surface area contributed by atoms with E-state index in [4.69, 9.17) is 23.7 Å².